The predicted octanol–water partition coefficient (Wildman–Crippen LogP) is 0.927. The molecule has 0 bridgehead atoms. The zero-order valence-electron chi connectivity index (χ0n) is 10.5. The third-order valence-corrected chi connectivity index (χ3v) is 4.57. The quantitative estimate of drug-likeness (QED) is 0.684. The number of nitrogens with one attached hydrogen (secondary N) is 1. The highest BCUT2D eigenvalue weighted by Crippen LogP contribution is 2.37. The van der Waals surface area contributed by atoms with Gasteiger partial charge in [0.05, 0.1) is 12.1 Å². The summed E-state index contributed by atoms with van der Waals surface area (Å²) in [4.78, 5) is 12.1. The number of aliphatic hydroxyl groups is 1. The summed E-state index contributed by atoms with van der Waals surface area (Å²) in [6.45, 7) is 0.756. The highest BCUT2D eigenvalue weighted by atomic mass is 16.3. The number of nitrogens with two attached hydrogens (primary N) is 1. The third-order valence-electron chi connectivity index (χ3n) is 4.57. The van der Waals surface area contributed by atoms with E-state index in [1.54, 1.807) is 0 Å². The number of aliphatic hydroxyl groups excluding tert-OH is 1. The molecule has 0 spiro atoms. The van der Waals surface area contributed by atoms with Crippen LogP contribution in [-0.2, 0) is 4.79 Å². The Morgan fingerprint density at radius 3 is 2.18 bits per heavy atom. The Bertz CT molecular complexity index is 279. The predicted molar refractivity (Wildman–Crippen MR) is 66.4 cm³/mol. The van der Waals surface area contributed by atoms with Crippen molar-refractivity contribution in [2.75, 3.05) is 13.2 Å². The molecule has 4 N–H and O–H groups in total. The maximum Gasteiger partial charge on any atom is 0.240 e. The van der Waals surface area contributed by atoms with Crippen molar-refractivity contribution in [1.82, 2.24) is 5.32 Å². The van der Waals surface area contributed by atoms with Crippen LogP contribution in [0.25, 0.3) is 0 Å². The van der Waals surface area contributed by atoms with Crippen molar-refractivity contribution in [2.45, 2.75) is 56.9 Å². The summed E-state index contributed by atoms with van der Waals surface area (Å²) in [5, 5.41) is 12.5. The van der Waals surface area contributed by atoms with Crippen LogP contribution in [0.4, 0.5) is 0 Å². The molecule has 2 saturated carbocycles. The molecular weight excluding hydrogens is 216 g/mol. The lowest BCUT2D eigenvalue weighted by molar-refractivity contribution is -0.126. The van der Waals surface area contributed by atoms with Gasteiger partial charge in [-0.05, 0) is 25.7 Å². The first-order chi connectivity index (χ1) is 8.10. The minimum Gasteiger partial charge on any atom is -0.396 e. The van der Waals surface area contributed by atoms with Crippen LogP contribution in [0, 0.1) is 5.41 Å². The lowest BCUT2D eigenvalue weighted by Gasteiger charge is -2.29. The van der Waals surface area contributed by atoms with Gasteiger partial charge in [0.1, 0.15) is 0 Å². The van der Waals surface area contributed by atoms with Crippen molar-refractivity contribution in [1.29, 1.82) is 0 Å². The van der Waals surface area contributed by atoms with E-state index in [1.807, 2.05) is 0 Å². The molecule has 2 fully saturated rings. The molecule has 0 saturated heterocycles. The van der Waals surface area contributed by atoms with Crippen LogP contribution in [0.2, 0.25) is 0 Å². The molecular formula is C13H24N2O2. The fourth-order valence-electron chi connectivity index (χ4n) is 3.19. The molecule has 4 heteroatoms. The second kappa shape index (κ2) is 4.94. The smallest absolute Gasteiger partial charge is 0.240 e. The number of hydrogen-bond donors (Lipinski definition) is 3. The van der Waals surface area contributed by atoms with Gasteiger partial charge in [-0.2, -0.15) is 0 Å². The largest absolute Gasteiger partial charge is 0.396 e. The van der Waals surface area contributed by atoms with E-state index in [4.69, 9.17) is 5.73 Å². The average molecular weight is 240 g/mol. The summed E-state index contributed by atoms with van der Waals surface area (Å²) in [6, 6.07) is 0. The van der Waals surface area contributed by atoms with Gasteiger partial charge in [0.15, 0.2) is 0 Å². The minimum absolute atomic E-state index is 0.0188. The Balaban J connectivity index is 1.87. The van der Waals surface area contributed by atoms with E-state index < -0.39 is 5.54 Å². The minimum atomic E-state index is -0.644. The number of carbonyl (C=O) groups excluding carboxylic acids is 1. The van der Waals surface area contributed by atoms with Crippen LogP contribution < -0.4 is 11.1 Å². The SMILES string of the molecule is NC1(C(=O)NCC2(CO)CCCC2)CCCC1. The van der Waals surface area contributed by atoms with Crippen molar-refractivity contribution >= 4 is 5.91 Å². The summed E-state index contributed by atoms with van der Waals surface area (Å²) in [5.74, 6) is -0.0188. The van der Waals surface area contributed by atoms with Gasteiger partial charge in [-0.25, -0.2) is 0 Å². The number of hydrogen-bond acceptors (Lipinski definition) is 3. The molecule has 0 heterocycles. The zero-order valence-corrected chi connectivity index (χ0v) is 10.5. The molecule has 2 aliphatic carbocycles. The standard InChI is InChI=1S/C13H24N2O2/c14-13(7-3-4-8-13)11(17)15-9-12(10-16)5-1-2-6-12/h16H,1-10,14H2,(H,15,17). The van der Waals surface area contributed by atoms with Gasteiger partial charge in [-0.3, -0.25) is 4.79 Å². The highest BCUT2D eigenvalue weighted by Gasteiger charge is 2.39. The second-order valence-electron chi connectivity index (χ2n) is 5.91. The Morgan fingerprint density at radius 1 is 1.12 bits per heavy atom. The average Bonchev–Trinajstić information content (AvgIpc) is 2.96. The van der Waals surface area contributed by atoms with Gasteiger partial charge in [0, 0.05) is 12.0 Å². The van der Waals surface area contributed by atoms with E-state index >= 15 is 0 Å². The maximum atomic E-state index is 12.1. The van der Waals surface area contributed by atoms with Gasteiger partial charge < -0.3 is 16.2 Å². The van der Waals surface area contributed by atoms with Gasteiger partial charge in [-0.15, -0.1) is 0 Å². The van der Waals surface area contributed by atoms with Gasteiger partial charge >= 0.3 is 0 Å². The molecule has 0 aromatic rings. The molecule has 2 rings (SSSR count). The topological polar surface area (TPSA) is 75.4 Å². The van der Waals surface area contributed by atoms with E-state index in [1.165, 1.54) is 0 Å². The molecule has 4 nitrogen and oxygen atoms in total. The van der Waals surface area contributed by atoms with E-state index in [9.17, 15) is 9.90 Å². The van der Waals surface area contributed by atoms with Crippen LogP contribution in [0.3, 0.4) is 0 Å². The van der Waals surface area contributed by atoms with Gasteiger partial charge in [0.2, 0.25) is 5.91 Å². The molecule has 0 unspecified atom stereocenters. The van der Waals surface area contributed by atoms with E-state index in [2.05, 4.69) is 5.32 Å². The first-order valence-electron chi connectivity index (χ1n) is 6.78. The Hall–Kier alpha value is -0.610. The van der Waals surface area contributed by atoms with Crippen molar-refractivity contribution in [3.8, 4) is 0 Å². The van der Waals surface area contributed by atoms with E-state index in [0.29, 0.717) is 6.54 Å². The molecule has 0 atom stereocenters. The van der Waals surface area contributed by atoms with Crippen LogP contribution in [0.1, 0.15) is 51.4 Å². The van der Waals surface area contributed by atoms with E-state index in [-0.39, 0.29) is 17.9 Å². The van der Waals surface area contributed by atoms with Crippen molar-refractivity contribution in [3.63, 3.8) is 0 Å². The lowest BCUT2D eigenvalue weighted by atomic mass is 9.86. The van der Waals surface area contributed by atoms with Crippen molar-refractivity contribution in [3.05, 3.63) is 0 Å². The lowest BCUT2D eigenvalue weighted by Crippen LogP contribution is -2.54. The van der Waals surface area contributed by atoms with Crippen LogP contribution in [0.15, 0.2) is 0 Å². The van der Waals surface area contributed by atoms with Gasteiger partial charge in [0.25, 0.3) is 0 Å². The summed E-state index contributed by atoms with van der Waals surface area (Å²) < 4.78 is 0. The van der Waals surface area contributed by atoms with Crippen molar-refractivity contribution < 1.29 is 9.90 Å². The molecule has 0 aliphatic heterocycles. The maximum absolute atomic E-state index is 12.1. The van der Waals surface area contributed by atoms with Crippen LogP contribution in [-0.4, -0.2) is 29.7 Å². The molecule has 0 radical (unpaired) electrons. The first-order valence-corrected chi connectivity index (χ1v) is 6.78. The normalized spacial score (nSPS) is 26.0. The van der Waals surface area contributed by atoms with Crippen molar-refractivity contribution in [2.24, 2.45) is 11.1 Å². The summed E-state index contributed by atoms with van der Waals surface area (Å²) in [5.41, 5.74) is 5.38. The molecule has 0 aromatic heterocycles. The highest BCUT2D eigenvalue weighted by molar-refractivity contribution is 5.86. The monoisotopic (exact) mass is 240 g/mol. The molecule has 0 aromatic carbocycles. The Morgan fingerprint density at radius 2 is 1.65 bits per heavy atom. The summed E-state index contributed by atoms with van der Waals surface area (Å²) in [7, 11) is 0. The number of carbonyl (C=O) groups is 1. The fraction of sp³-hybridized carbons (Fsp3) is 0.923. The first kappa shape index (κ1) is 12.8. The molecule has 98 valence electrons. The van der Waals surface area contributed by atoms with E-state index in [0.717, 1.165) is 51.4 Å². The van der Waals surface area contributed by atoms with Crippen LogP contribution in [0.5, 0.6) is 0 Å². The molecule has 2 aliphatic rings. The fourth-order valence-corrected chi connectivity index (χ4v) is 3.19. The van der Waals surface area contributed by atoms with Crippen LogP contribution >= 0.6 is 0 Å². The molecule has 17 heavy (non-hydrogen) atoms. The number of rotatable bonds is 4. The Labute approximate surface area is 103 Å². The zero-order chi connectivity index (χ0) is 12.4. The summed E-state index contributed by atoms with van der Waals surface area (Å²) >= 11 is 0. The second-order valence-corrected chi connectivity index (χ2v) is 5.91. The Kier molecular flexibility index (Phi) is 3.73. The van der Waals surface area contributed by atoms with Gasteiger partial charge in [-0.1, -0.05) is 25.7 Å². The molecule has 1 amide bonds. The third kappa shape index (κ3) is 2.63. The summed E-state index contributed by atoms with van der Waals surface area (Å²) in [6.07, 6.45) is 8.04. The number of amides is 1.